The predicted octanol–water partition coefficient (Wildman–Crippen LogP) is 2.07. The Kier molecular flexibility index (Phi) is 5.59. The molecule has 1 heterocycles. The summed E-state index contributed by atoms with van der Waals surface area (Å²) in [6, 6.07) is 10.2. The van der Waals surface area contributed by atoms with Crippen LogP contribution in [0.25, 0.3) is 0 Å². The fourth-order valence-electron chi connectivity index (χ4n) is 1.82. The number of hydrogen-bond donors (Lipinski definition) is 2. The van der Waals surface area contributed by atoms with Gasteiger partial charge in [-0.3, -0.25) is 20.4 Å². The Morgan fingerprint density at radius 2 is 1.91 bits per heavy atom. The summed E-state index contributed by atoms with van der Waals surface area (Å²) in [4.78, 5) is 23.5. The van der Waals surface area contributed by atoms with Crippen molar-refractivity contribution < 1.29 is 18.7 Å². The molecule has 2 rings (SSSR count). The molecule has 0 bridgehead atoms. The zero-order valence-electron chi connectivity index (χ0n) is 12.3. The Labute approximate surface area is 128 Å². The lowest BCUT2D eigenvalue weighted by Crippen LogP contribution is -2.41. The number of carbonyl (C=O) groups is 2. The highest BCUT2D eigenvalue weighted by molar-refractivity contribution is 5.95. The van der Waals surface area contributed by atoms with Crippen molar-refractivity contribution in [2.75, 3.05) is 6.61 Å². The maximum atomic E-state index is 11.9. The third-order valence-electron chi connectivity index (χ3n) is 2.92. The van der Waals surface area contributed by atoms with E-state index in [1.54, 1.807) is 42.7 Å². The van der Waals surface area contributed by atoms with Gasteiger partial charge in [0.1, 0.15) is 11.5 Å². The van der Waals surface area contributed by atoms with Crippen LogP contribution >= 0.6 is 0 Å². The Bertz CT molecular complexity index is 606. The van der Waals surface area contributed by atoms with Crippen molar-refractivity contribution >= 4 is 11.8 Å². The van der Waals surface area contributed by atoms with Crippen molar-refractivity contribution in [1.82, 2.24) is 10.9 Å². The summed E-state index contributed by atoms with van der Waals surface area (Å²) in [7, 11) is 0. The molecular weight excluding hydrogens is 284 g/mol. The molecule has 0 saturated heterocycles. The van der Waals surface area contributed by atoms with Crippen LogP contribution in [-0.2, 0) is 11.2 Å². The number of ether oxygens (including phenoxy) is 1. The van der Waals surface area contributed by atoms with Crippen LogP contribution < -0.4 is 15.6 Å². The first-order valence-corrected chi connectivity index (χ1v) is 7.03. The van der Waals surface area contributed by atoms with E-state index in [1.165, 1.54) is 0 Å². The van der Waals surface area contributed by atoms with E-state index in [9.17, 15) is 9.59 Å². The van der Waals surface area contributed by atoms with Gasteiger partial charge >= 0.3 is 0 Å². The fraction of sp³-hybridized carbons (Fsp3) is 0.250. The second-order valence-electron chi connectivity index (χ2n) is 4.54. The average Bonchev–Trinajstić information content (AvgIpc) is 3.05. The SMILES string of the molecule is CCOc1ccc(C(=O)NNC(=O)CCc2ccco2)cc1. The smallest absolute Gasteiger partial charge is 0.269 e. The third kappa shape index (κ3) is 4.66. The van der Waals surface area contributed by atoms with Gasteiger partial charge in [-0.15, -0.1) is 0 Å². The molecule has 0 aliphatic rings. The molecule has 0 fully saturated rings. The summed E-state index contributed by atoms with van der Waals surface area (Å²) in [6.07, 6.45) is 2.27. The minimum atomic E-state index is -0.380. The number of furan rings is 1. The van der Waals surface area contributed by atoms with Gasteiger partial charge in [-0.25, -0.2) is 0 Å². The summed E-state index contributed by atoms with van der Waals surface area (Å²) >= 11 is 0. The van der Waals surface area contributed by atoms with Crippen molar-refractivity contribution in [3.63, 3.8) is 0 Å². The summed E-state index contributed by atoms with van der Waals surface area (Å²) in [5.74, 6) is 0.764. The predicted molar refractivity (Wildman–Crippen MR) is 80.2 cm³/mol. The van der Waals surface area contributed by atoms with E-state index >= 15 is 0 Å². The topological polar surface area (TPSA) is 80.6 Å². The first-order chi connectivity index (χ1) is 10.7. The van der Waals surface area contributed by atoms with Crippen LogP contribution in [0.4, 0.5) is 0 Å². The van der Waals surface area contributed by atoms with Crippen LogP contribution in [0.15, 0.2) is 47.1 Å². The Morgan fingerprint density at radius 1 is 1.14 bits per heavy atom. The van der Waals surface area contributed by atoms with Gasteiger partial charge in [0, 0.05) is 18.4 Å². The monoisotopic (exact) mass is 302 g/mol. The molecule has 6 heteroatoms. The number of hydrazine groups is 1. The third-order valence-corrected chi connectivity index (χ3v) is 2.92. The van der Waals surface area contributed by atoms with E-state index in [0.29, 0.717) is 24.3 Å². The molecule has 6 nitrogen and oxygen atoms in total. The second kappa shape index (κ2) is 7.87. The molecule has 0 aliphatic heterocycles. The Balaban J connectivity index is 1.75. The van der Waals surface area contributed by atoms with Crippen LogP contribution in [0, 0.1) is 0 Å². The molecule has 0 unspecified atom stereocenters. The molecule has 2 N–H and O–H groups in total. The summed E-state index contributed by atoms with van der Waals surface area (Å²) in [5, 5.41) is 0. The summed E-state index contributed by atoms with van der Waals surface area (Å²) in [5.41, 5.74) is 5.18. The van der Waals surface area contributed by atoms with Gasteiger partial charge in [-0.05, 0) is 43.3 Å². The van der Waals surface area contributed by atoms with E-state index < -0.39 is 0 Å². The van der Waals surface area contributed by atoms with Crippen molar-refractivity contribution in [1.29, 1.82) is 0 Å². The largest absolute Gasteiger partial charge is 0.494 e. The molecule has 0 atom stereocenters. The zero-order valence-corrected chi connectivity index (χ0v) is 12.3. The maximum Gasteiger partial charge on any atom is 0.269 e. The fourth-order valence-corrected chi connectivity index (χ4v) is 1.82. The van der Waals surface area contributed by atoms with Gasteiger partial charge < -0.3 is 9.15 Å². The molecular formula is C16H18N2O4. The highest BCUT2D eigenvalue weighted by Gasteiger charge is 2.08. The number of aryl methyl sites for hydroxylation is 1. The minimum Gasteiger partial charge on any atom is -0.494 e. The highest BCUT2D eigenvalue weighted by Crippen LogP contribution is 2.11. The van der Waals surface area contributed by atoms with Gasteiger partial charge in [-0.2, -0.15) is 0 Å². The number of benzene rings is 1. The van der Waals surface area contributed by atoms with Gasteiger partial charge in [0.2, 0.25) is 5.91 Å². The van der Waals surface area contributed by atoms with Gasteiger partial charge in [0.15, 0.2) is 0 Å². The van der Waals surface area contributed by atoms with Crippen LogP contribution in [-0.4, -0.2) is 18.4 Å². The summed E-state index contributed by atoms with van der Waals surface area (Å²) in [6.45, 7) is 2.45. The first-order valence-electron chi connectivity index (χ1n) is 7.03. The minimum absolute atomic E-state index is 0.233. The first kappa shape index (κ1) is 15.6. The zero-order chi connectivity index (χ0) is 15.8. The van der Waals surface area contributed by atoms with Gasteiger partial charge in [-0.1, -0.05) is 0 Å². The number of carbonyl (C=O) groups excluding carboxylic acids is 2. The van der Waals surface area contributed by atoms with E-state index in [2.05, 4.69) is 10.9 Å². The van der Waals surface area contributed by atoms with E-state index in [0.717, 1.165) is 5.76 Å². The summed E-state index contributed by atoms with van der Waals surface area (Å²) < 4.78 is 10.4. The molecule has 0 spiro atoms. The second-order valence-corrected chi connectivity index (χ2v) is 4.54. The van der Waals surface area contributed by atoms with Crippen LogP contribution in [0.2, 0.25) is 0 Å². The Hall–Kier alpha value is -2.76. The molecule has 1 aromatic carbocycles. The number of amides is 2. The van der Waals surface area contributed by atoms with E-state index in [4.69, 9.17) is 9.15 Å². The van der Waals surface area contributed by atoms with Gasteiger partial charge in [0.05, 0.1) is 12.9 Å². The molecule has 2 amide bonds. The lowest BCUT2D eigenvalue weighted by molar-refractivity contribution is -0.121. The lowest BCUT2D eigenvalue weighted by Gasteiger charge is -2.08. The molecule has 22 heavy (non-hydrogen) atoms. The molecule has 0 aliphatic carbocycles. The molecule has 2 aromatic rings. The average molecular weight is 302 g/mol. The van der Waals surface area contributed by atoms with E-state index in [1.807, 2.05) is 6.92 Å². The quantitative estimate of drug-likeness (QED) is 0.801. The maximum absolute atomic E-state index is 11.9. The highest BCUT2D eigenvalue weighted by atomic mass is 16.5. The number of rotatable bonds is 6. The van der Waals surface area contributed by atoms with Crippen molar-refractivity contribution in [2.45, 2.75) is 19.8 Å². The standard InChI is InChI=1S/C16H18N2O4/c1-2-21-14-7-5-12(6-8-14)16(20)18-17-15(19)10-9-13-4-3-11-22-13/h3-8,11H,2,9-10H2,1H3,(H,17,19)(H,18,20). The van der Waals surface area contributed by atoms with Crippen LogP contribution in [0.3, 0.4) is 0 Å². The van der Waals surface area contributed by atoms with Gasteiger partial charge in [0.25, 0.3) is 5.91 Å². The molecule has 0 saturated carbocycles. The van der Waals surface area contributed by atoms with Crippen LogP contribution in [0.1, 0.15) is 29.5 Å². The number of hydrogen-bond acceptors (Lipinski definition) is 4. The van der Waals surface area contributed by atoms with Crippen LogP contribution in [0.5, 0.6) is 5.75 Å². The molecule has 116 valence electrons. The van der Waals surface area contributed by atoms with Crippen molar-refractivity contribution in [3.05, 3.63) is 54.0 Å². The molecule has 0 radical (unpaired) electrons. The van der Waals surface area contributed by atoms with E-state index in [-0.39, 0.29) is 18.2 Å². The number of nitrogens with one attached hydrogen (secondary N) is 2. The Morgan fingerprint density at radius 3 is 2.55 bits per heavy atom. The van der Waals surface area contributed by atoms with Crippen molar-refractivity contribution in [2.24, 2.45) is 0 Å². The van der Waals surface area contributed by atoms with Crippen molar-refractivity contribution in [3.8, 4) is 5.75 Å². The normalized spacial score (nSPS) is 10.0. The molecule has 1 aromatic heterocycles. The lowest BCUT2D eigenvalue weighted by atomic mass is 10.2.